The van der Waals surface area contributed by atoms with E-state index in [4.69, 9.17) is 4.74 Å². The van der Waals surface area contributed by atoms with Gasteiger partial charge in [0, 0.05) is 44.8 Å². The number of piperazine rings is 1. The molecule has 0 saturated carbocycles. The lowest BCUT2D eigenvalue weighted by molar-refractivity contribution is -0.136. The SMILES string of the molecule is CCOc1cc(F)ccc1NC(=O)N1CCN(CC(=O)N2CCCCC2C)CC1. The molecule has 1 atom stereocenters. The van der Waals surface area contributed by atoms with Gasteiger partial charge in [-0.3, -0.25) is 9.69 Å². The first-order valence-corrected chi connectivity index (χ1v) is 10.5. The van der Waals surface area contributed by atoms with Gasteiger partial charge in [-0.1, -0.05) is 0 Å². The van der Waals surface area contributed by atoms with E-state index in [1.54, 1.807) is 4.90 Å². The van der Waals surface area contributed by atoms with Crippen molar-refractivity contribution in [3.05, 3.63) is 24.0 Å². The minimum absolute atomic E-state index is 0.183. The van der Waals surface area contributed by atoms with Gasteiger partial charge in [-0.05, 0) is 45.2 Å². The van der Waals surface area contributed by atoms with Crippen LogP contribution in [0.15, 0.2) is 18.2 Å². The Morgan fingerprint density at radius 3 is 2.62 bits per heavy atom. The number of urea groups is 1. The normalized spacial score (nSPS) is 20.4. The third kappa shape index (κ3) is 5.59. The van der Waals surface area contributed by atoms with Crippen molar-refractivity contribution < 1.29 is 18.7 Å². The molecule has 0 spiro atoms. The highest BCUT2D eigenvalue weighted by Gasteiger charge is 2.27. The Kier molecular flexibility index (Phi) is 7.30. The first kappa shape index (κ1) is 21.4. The van der Waals surface area contributed by atoms with E-state index in [1.165, 1.54) is 24.6 Å². The molecular weight excluding hydrogens is 375 g/mol. The molecule has 1 N–H and O–H groups in total. The summed E-state index contributed by atoms with van der Waals surface area (Å²) >= 11 is 0. The molecule has 2 fully saturated rings. The van der Waals surface area contributed by atoms with Crippen molar-refractivity contribution in [3.63, 3.8) is 0 Å². The maximum Gasteiger partial charge on any atom is 0.322 e. The van der Waals surface area contributed by atoms with Crippen molar-refractivity contribution in [1.82, 2.24) is 14.7 Å². The van der Waals surface area contributed by atoms with E-state index in [1.807, 2.05) is 11.8 Å². The van der Waals surface area contributed by atoms with Crippen LogP contribution in [0.1, 0.15) is 33.1 Å². The van der Waals surface area contributed by atoms with Crippen LogP contribution in [0.3, 0.4) is 0 Å². The van der Waals surface area contributed by atoms with Gasteiger partial charge in [0.1, 0.15) is 11.6 Å². The van der Waals surface area contributed by atoms with Crippen molar-refractivity contribution in [2.45, 2.75) is 39.2 Å². The summed E-state index contributed by atoms with van der Waals surface area (Å²) in [5.74, 6) is 0.0938. The van der Waals surface area contributed by atoms with E-state index in [2.05, 4.69) is 17.1 Å². The predicted octanol–water partition coefficient (Wildman–Crippen LogP) is 2.77. The summed E-state index contributed by atoms with van der Waals surface area (Å²) in [5, 5.41) is 2.81. The van der Waals surface area contributed by atoms with E-state index >= 15 is 0 Å². The zero-order valence-electron chi connectivity index (χ0n) is 17.3. The van der Waals surface area contributed by atoms with Crippen molar-refractivity contribution in [1.29, 1.82) is 0 Å². The Bertz CT molecular complexity index is 722. The molecule has 2 saturated heterocycles. The number of nitrogens with one attached hydrogen (secondary N) is 1. The van der Waals surface area contributed by atoms with Gasteiger partial charge in [-0.2, -0.15) is 0 Å². The smallest absolute Gasteiger partial charge is 0.322 e. The predicted molar refractivity (Wildman–Crippen MR) is 110 cm³/mol. The number of hydrogen-bond acceptors (Lipinski definition) is 4. The molecule has 0 bridgehead atoms. The Hall–Kier alpha value is -2.35. The van der Waals surface area contributed by atoms with E-state index in [-0.39, 0.29) is 11.9 Å². The van der Waals surface area contributed by atoms with Crippen LogP contribution in [0.25, 0.3) is 0 Å². The highest BCUT2D eigenvalue weighted by atomic mass is 19.1. The van der Waals surface area contributed by atoms with Crippen LogP contribution in [-0.2, 0) is 4.79 Å². The number of likely N-dealkylation sites (tertiary alicyclic amines) is 1. The first-order chi connectivity index (χ1) is 14.0. The fraction of sp³-hybridized carbons (Fsp3) is 0.619. The molecule has 2 heterocycles. The average Bonchev–Trinajstić information content (AvgIpc) is 2.71. The molecule has 0 aromatic heterocycles. The molecule has 0 aliphatic carbocycles. The van der Waals surface area contributed by atoms with Gasteiger partial charge in [0.15, 0.2) is 0 Å². The Labute approximate surface area is 171 Å². The van der Waals surface area contributed by atoms with Gasteiger partial charge < -0.3 is 19.9 Å². The summed E-state index contributed by atoms with van der Waals surface area (Å²) in [6, 6.07) is 4.15. The Morgan fingerprint density at radius 1 is 1.17 bits per heavy atom. The van der Waals surface area contributed by atoms with Crippen LogP contribution in [0, 0.1) is 5.82 Å². The second kappa shape index (κ2) is 9.91. The summed E-state index contributed by atoms with van der Waals surface area (Å²) < 4.78 is 18.8. The summed E-state index contributed by atoms with van der Waals surface area (Å²) in [5.41, 5.74) is 0.454. The summed E-state index contributed by atoms with van der Waals surface area (Å²) in [4.78, 5) is 31.0. The number of anilines is 1. The second-order valence-corrected chi connectivity index (χ2v) is 7.70. The van der Waals surface area contributed by atoms with Crippen molar-refractivity contribution in [2.75, 3.05) is 51.2 Å². The van der Waals surface area contributed by atoms with Crippen LogP contribution >= 0.6 is 0 Å². The monoisotopic (exact) mass is 406 g/mol. The molecule has 29 heavy (non-hydrogen) atoms. The average molecular weight is 407 g/mol. The summed E-state index contributed by atoms with van der Waals surface area (Å²) in [6.07, 6.45) is 3.35. The number of rotatable bonds is 5. The lowest BCUT2D eigenvalue weighted by Crippen LogP contribution is -2.53. The molecular formula is C21H31FN4O3. The van der Waals surface area contributed by atoms with Gasteiger partial charge >= 0.3 is 6.03 Å². The maximum absolute atomic E-state index is 13.4. The minimum atomic E-state index is -0.409. The minimum Gasteiger partial charge on any atom is -0.492 e. The molecule has 2 aliphatic heterocycles. The number of piperidine rings is 1. The number of halogens is 1. The summed E-state index contributed by atoms with van der Waals surface area (Å²) in [7, 11) is 0. The van der Waals surface area contributed by atoms with Crippen LogP contribution in [-0.4, -0.2) is 78.6 Å². The molecule has 3 amide bonds. The molecule has 7 nitrogen and oxygen atoms in total. The molecule has 0 radical (unpaired) electrons. The van der Waals surface area contributed by atoms with Gasteiger partial charge in [0.05, 0.1) is 18.8 Å². The number of ether oxygens (including phenoxy) is 1. The standard InChI is InChI=1S/C21H31FN4O3/c1-3-29-19-14-17(22)7-8-18(19)23-21(28)25-12-10-24(11-13-25)15-20(27)26-9-5-4-6-16(26)2/h7-8,14,16H,3-6,9-13,15H2,1-2H3,(H,23,28). The highest BCUT2D eigenvalue weighted by molar-refractivity contribution is 5.91. The molecule has 160 valence electrons. The largest absolute Gasteiger partial charge is 0.492 e. The fourth-order valence-electron chi connectivity index (χ4n) is 3.93. The van der Waals surface area contributed by atoms with Crippen LogP contribution in [0.5, 0.6) is 5.75 Å². The van der Waals surface area contributed by atoms with E-state index in [9.17, 15) is 14.0 Å². The van der Waals surface area contributed by atoms with Crippen LogP contribution in [0.4, 0.5) is 14.9 Å². The highest BCUT2D eigenvalue weighted by Crippen LogP contribution is 2.26. The quantitative estimate of drug-likeness (QED) is 0.817. The number of nitrogens with zero attached hydrogens (tertiary/aromatic N) is 3. The molecule has 2 aliphatic rings. The maximum atomic E-state index is 13.4. The third-order valence-electron chi connectivity index (χ3n) is 5.63. The number of carbonyl (C=O) groups is 2. The number of benzene rings is 1. The van der Waals surface area contributed by atoms with E-state index in [0.717, 1.165) is 19.4 Å². The molecule has 1 aromatic rings. The molecule has 1 unspecified atom stereocenters. The number of amides is 3. The van der Waals surface area contributed by atoms with Crippen molar-refractivity contribution in [3.8, 4) is 5.75 Å². The van der Waals surface area contributed by atoms with Crippen molar-refractivity contribution in [2.24, 2.45) is 0 Å². The lowest BCUT2D eigenvalue weighted by atomic mass is 10.0. The second-order valence-electron chi connectivity index (χ2n) is 7.70. The summed E-state index contributed by atoms with van der Waals surface area (Å²) in [6.45, 7) is 7.96. The fourth-order valence-corrected chi connectivity index (χ4v) is 3.93. The van der Waals surface area contributed by atoms with E-state index < -0.39 is 5.82 Å². The Morgan fingerprint density at radius 2 is 1.93 bits per heavy atom. The topological polar surface area (TPSA) is 65.1 Å². The molecule has 8 heteroatoms. The molecule has 1 aromatic carbocycles. The molecule has 3 rings (SSSR count). The van der Waals surface area contributed by atoms with Crippen LogP contribution in [0.2, 0.25) is 0 Å². The Balaban J connectivity index is 1.49. The lowest BCUT2D eigenvalue weighted by Gasteiger charge is -2.38. The first-order valence-electron chi connectivity index (χ1n) is 10.5. The number of hydrogen-bond donors (Lipinski definition) is 1. The zero-order valence-corrected chi connectivity index (χ0v) is 17.3. The number of carbonyl (C=O) groups excluding carboxylic acids is 2. The zero-order chi connectivity index (χ0) is 20.8. The van der Waals surface area contributed by atoms with Gasteiger partial charge in [0.2, 0.25) is 5.91 Å². The van der Waals surface area contributed by atoms with Crippen molar-refractivity contribution >= 4 is 17.6 Å². The van der Waals surface area contributed by atoms with Gasteiger partial charge in [0.25, 0.3) is 0 Å². The van der Waals surface area contributed by atoms with Gasteiger partial charge in [-0.15, -0.1) is 0 Å². The van der Waals surface area contributed by atoms with Crippen LogP contribution < -0.4 is 10.1 Å². The van der Waals surface area contributed by atoms with E-state index in [0.29, 0.717) is 56.8 Å². The van der Waals surface area contributed by atoms with Gasteiger partial charge in [-0.25, -0.2) is 9.18 Å². The third-order valence-corrected chi connectivity index (χ3v) is 5.63.